The Hall–Kier alpha value is -3.36. The zero-order valence-electron chi connectivity index (χ0n) is 15.9. The summed E-state index contributed by atoms with van der Waals surface area (Å²) in [6.45, 7) is 0.429. The molecule has 0 aliphatic heterocycles. The number of rotatable bonds is 6. The molecule has 0 spiro atoms. The van der Waals surface area contributed by atoms with Crippen LogP contribution in [0.3, 0.4) is 0 Å². The Morgan fingerprint density at radius 3 is 2.80 bits per heavy atom. The Kier molecular flexibility index (Phi) is 5.08. The molecule has 0 saturated carbocycles. The summed E-state index contributed by atoms with van der Waals surface area (Å²) in [6, 6.07) is 15.9. The summed E-state index contributed by atoms with van der Waals surface area (Å²) in [5.74, 6) is 0.741. The van der Waals surface area contributed by atoms with Crippen molar-refractivity contribution in [2.24, 2.45) is 0 Å². The third kappa shape index (κ3) is 3.87. The highest BCUT2D eigenvalue weighted by Gasteiger charge is 2.10. The molecule has 1 aromatic carbocycles. The molecule has 8 heteroatoms. The predicted octanol–water partition coefficient (Wildman–Crippen LogP) is 4.46. The molecule has 0 radical (unpaired) electrons. The van der Waals surface area contributed by atoms with E-state index in [0.29, 0.717) is 6.54 Å². The number of para-hydroxylation sites is 2. The topological polar surface area (TPSA) is 72.7 Å². The van der Waals surface area contributed by atoms with Crippen molar-refractivity contribution in [3.05, 3.63) is 83.1 Å². The van der Waals surface area contributed by atoms with Crippen LogP contribution in [0.2, 0.25) is 0 Å². The van der Waals surface area contributed by atoms with Gasteiger partial charge in [-0.25, -0.2) is 15.0 Å². The van der Waals surface area contributed by atoms with Crippen LogP contribution in [0.25, 0.3) is 26.7 Å². The highest BCUT2D eigenvalue weighted by molar-refractivity contribution is 7.20. The number of pyridine rings is 1. The Morgan fingerprint density at radius 1 is 1.03 bits per heavy atom. The van der Waals surface area contributed by atoms with Crippen molar-refractivity contribution in [3.63, 3.8) is 0 Å². The summed E-state index contributed by atoms with van der Waals surface area (Å²) >= 11 is 3.22. The predicted molar refractivity (Wildman–Crippen MR) is 120 cm³/mol. The zero-order valence-corrected chi connectivity index (χ0v) is 17.5. The van der Waals surface area contributed by atoms with Gasteiger partial charge in [-0.2, -0.15) is 0 Å². The second-order valence-electron chi connectivity index (χ2n) is 6.70. The van der Waals surface area contributed by atoms with Crippen molar-refractivity contribution >= 4 is 39.6 Å². The summed E-state index contributed by atoms with van der Waals surface area (Å²) in [4.78, 5) is 26.9. The van der Waals surface area contributed by atoms with E-state index < -0.39 is 0 Å². The number of hydrogen-bond donors (Lipinski definition) is 1. The van der Waals surface area contributed by atoms with Crippen LogP contribution < -0.4 is 5.32 Å². The number of carbonyl (C=O) groups is 1. The minimum atomic E-state index is -0.0530. The highest BCUT2D eigenvalue weighted by atomic mass is 32.1. The summed E-state index contributed by atoms with van der Waals surface area (Å²) < 4.78 is 1.95. The van der Waals surface area contributed by atoms with Crippen molar-refractivity contribution in [2.45, 2.75) is 13.0 Å². The number of carbonyl (C=O) groups excluding carboxylic acids is 1. The maximum Gasteiger partial charge on any atom is 0.226 e. The lowest BCUT2D eigenvalue weighted by molar-refractivity contribution is -0.120. The molecule has 4 aromatic heterocycles. The summed E-state index contributed by atoms with van der Waals surface area (Å²) in [5, 5.41) is 7.87. The van der Waals surface area contributed by atoms with Gasteiger partial charge in [0.15, 0.2) is 0 Å². The molecule has 0 unspecified atom stereocenters. The maximum atomic E-state index is 12.3. The first kappa shape index (κ1) is 18.7. The third-order valence-corrected chi connectivity index (χ3v) is 6.55. The Bertz CT molecular complexity index is 1290. The van der Waals surface area contributed by atoms with E-state index in [2.05, 4.69) is 20.3 Å². The fraction of sp³-hybridized carbons (Fsp3) is 0.0909. The number of thiazole rings is 1. The van der Waals surface area contributed by atoms with Gasteiger partial charge in [0, 0.05) is 18.1 Å². The molecule has 5 aromatic rings. The van der Waals surface area contributed by atoms with Crippen molar-refractivity contribution in [2.75, 3.05) is 0 Å². The van der Waals surface area contributed by atoms with Crippen LogP contribution in [0, 0.1) is 0 Å². The average Bonchev–Trinajstić information content (AvgIpc) is 3.53. The molecule has 1 amide bonds. The van der Waals surface area contributed by atoms with E-state index in [9.17, 15) is 4.79 Å². The lowest BCUT2D eigenvalue weighted by atomic mass is 10.2. The van der Waals surface area contributed by atoms with Crippen LogP contribution in [0.1, 0.15) is 11.3 Å². The molecule has 30 heavy (non-hydrogen) atoms. The maximum absolute atomic E-state index is 12.3. The van der Waals surface area contributed by atoms with E-state index in [0.717, 1.165) is 38.0 Å². The number of nitrogens with one attached hydrogen (secondary N) is 1. The van der Waals surface area contributed by atoms with E-state index >= 15 is 0 Å². The Morgan fingerprint density at radius 2 is 1.97 bits per heavy atom. The lowest BCUT2D eigenvalue weighted by Crippen LogP contribution is -2.24. The molecular weight excluding hydrogens is 414 g/mol. The molecule has 5 rings (SSSR count). The molecular formula is C22H17N5OS2. The van der Waals surface area contributed by atoms with Crippen molar-refractivity contribution in [1.82, 2.24) is 24.8 Å². The molecule has 6 nitrogen and oxygen atoms in total. The monoisotopic (exact) mass is 431 g/mol. The van der Waals surface area contributed by atoms with Gasteiger partial charge in [-0.1, -0.05) is 24.3 Å². The number of hydrogen-bond acceptors (Lipinski definition) is 6. The molecule has 0 fully saturated rings. The molecule has 148 valence electrons. The highest BCUT2D eigenvalue weighted by Crippen LogP contribution is 2.27. The molecule has 0 aliphatic rings. The fourth-order valence-corrected chi connectivity index (χ4v) is 4.77. The van der Waals surface area contributed by atoms with Crippen LogP contribution in [0.4, 0.5) is 0 Å². The number of imidazole rings is 1. The van der Waals surface area contributed by atoms with Gasteiger partial charge in [-0.15, -0.1) is 22.7 Å². The second-order valence-corrected chi connectivity index (χ2v) is 8.51. The first-order valence-corrected chi connectivity index (χ1v) is 11.1. The van der Waals surface area contributed by atoms with Gasteiger partial charge in [-0.3, -0.25) is 9.36 Å². The van der Waals surface area contributed by atoms with Gasteiger partial charge in [-0.05, 0) is 35.2 Å². The van der Waals surface area contributed by atoms with Crippen molar-refractivity contribution in [1.29, 1.82) is 0 Å². The van der Waals surface area contributed by atoms with Crippen LogP contribution in [0.15, 0.2) is 71.8 Å². The minimum Gasteiger partial charge on any atom is -0.352 e. The SMILES string of the molecule is O=C(Cc1csc(-c2cccs2)n1)NCc1ccc(-n2cnc3ccccc32)nc1. The van der Waals surface area contributed by atoms with Gasteiger partial charge in [0.25, 0.3) is 0 Å². The number of benzene rings is 1. The molecule has 0 aliphatic carbocycles. The van der Waals surface area contributed by atoms with E-state index in [1.807, 2.05) is 63.9 Å². The standard InChI is InChI=1S/C22H17N5OS2/c28-21(10-16-13-30-22(26-16)19-6-3-9-29-19)24-12-15-7-8-20(23-11-15)27-14-25-17-4-1-2-5-18(17)27/h1-9,11,13-14H,10,12H2,(H,24,28). The second kappa shape index (κ2) is 8.17. The first-order valence-electron chi connectivity index (χ1n) is 9.38. The van der Waals surface area contributed by atoms with E-state index in [-0.39, 0.29) is 12.3 Å². The number of thiophene rings is 1. The van der Waals surface area contributed by atoms with E-state index in [4.69, 9.17) is 0 Å². The number of aromatic nitrogens is 4. The summed E-state index contributed by atoms with van der Waals surface area (Å²) in [7, 11) is 0. The van der Waals surface area contributed by atoms with Gasteiger partial charge in [0.05, 0.1) is 28.0 Å². The molecule has 1 N–H and O–H groups in total. The fourth-order valence-electron chi connectivity index (χ4n) is 3.13. The largest absolute Gasteiger partial charge is 0.352 e. The smallest absolute Gasteiger partial charge is 0.226 e. The summed E-state index contributed by atoms with van der Waals surface area (Å²) in [6.07, 6.45) is 3.82. The third-order valence-electron chi connectivity index (χ3n) is 4.62. The van der Waals surface area contributed by atoms with E-state index in [1.54, 1.807) is 35.2 Å². The quantitative estimate of drug-likeness (QED) is 0.431. The lowest BCUT2D eigenvalue weighted by Gasteiger charge is -2.07. The Labute approximate surface area is 180 Å². The Balaban J connectivity index is 1.20. The summed E-state index contributed by atoms with van der Waals surface area (Å²) in [5.41, 5.74) is 3.67. The number of nitrogens with zero attached hydrogens (tertiary/aromatic N) is 4. The van der Waals surface area contributed by atoms with Gasteiger partial charge in [0.1, 0.15) is 17.2 Å². The minimum absolute atomic E-state index is 0.0530. The normalized spacial score (nSPS) is 11.1. The molecule has 0 bridgehead atoms. The van der Waals surface area contributed by atoms with Crippen LogP contribution in [-0.4, -0.2) is 25.4 Å². The number of fused-ring (bicyclic) bond motifs is 1. The van der Waals surface area contributed by atoms with Crippen molar-refractivity contribution in [3.8, 4) is 15.7 Å². The molecule has 4 heterocycles. The van der Waals surface area contributed by atoms with Crippen molar-refractivity contribution < 1.29 is 4.79 Å². The first-order chi connectivity index (χ1) is 14.8. The average molecular weight is 432 g/mol. The van der Waals surface area contributed by atoms with Gasteiger partial charge >= 0.3 is 0 Å². The van der Waals surface area contributed by atoms with Gasteiger partial charge < -0.3 is 5.32 Å². The van der Waals surface area contributed by atoms with Gasteiger partial charge in [0.2, 0.25) is 5.91 Å². The molecule has 0 saturated heterocycles. The van der Waals surface area contributed by atoms with Crippen LogP contribution in [-0.2, 0) is 17.8 Å². The van der Waals surface area contributed by atoms with Crippen LogP contribution >= 0.6 is 22.7 Å². The zero-order chi connectivity index (χ0) is 20.3. The molecule has 0 atom stereocenters. The number of amides is 1. The van der Waals surface area contributed by atoms with Crippen LogP contribution in [0.5, 0.6) is 0 Å². The van der Waals surface area contributed by atoms with E-state index in [1.165, 1.54) is 0 Å².